The second kappa shape index (κ2) is 4.77. The topological polar surface area (TPSA) is 40.5 Å². The minimum Gasteiger partial charge on any atom is -0.480 e. The molecule has 0 saturated carbocycles. The smallest absolute Gasteiger partial charge is 0.323 e. The first kappa shape index (κ1) is 12.2. The van der Waals surface area contributed by atoms with Crippen LogP contribution in [0.3, 0.4) is 0 Å². The van der Waals surface area contributed by atoms with Crippen molar-refractivity contribution in [3.05, 3.63) is 22.4 Å². The Kier molecular flexibility index (Phi) is 3.88. The summed E-state index contributed by atoms with van der Waals surface area (Å²) in [5.74, 6) is -0.761. The summed E-state index contributed by atoms with van der Waals surface area (Å²) in [7, 11) is 1.86. The number of rotatable bonds is 5. The van der Waals surface area contributed by atoms with Crippen molar-refractivity contribution < 1.29 is 9.90 Å². The number of carboxylic acids is 1. The van der Waals surface area contributed by atoms with Crippen LogP contribution in [0, 0.1) is 0 Å². The third-order valence-electron chi connectivity index (χ3n) is 2.99. The van der Waals surface area contributed by atoms with Crippen LogP contribution in [0.5, 0.6) is 0 Å². The standard InChI is InChI=1S/C11H17NO2S/c1-4-11(2,10(13)14)12(3)7-9-5-6-15-8-9/h5-6,8H,4,7H2,1-3H3,(H,13,14). The molecule has 0 aromatic carbocycles. The quantitative estimate of drug-likeness (QED) is 0.840. The fraction of sp³-hybridized carbons (Fsp3) is 0.545. The van der Waals surface area contributed by atoms with Crippen molar-refractivity contribution >= 4 is 17.3 Å². The Morgan fingerprint density at radius 1 is 1.67 bits per heavy atom. The molecule has 1 rings (SSSR count). The Bertz CT molecular complexity index is 323. The molecule has 4 heteroatoms. The van der Waals surface area contributed by atoms with E-state index < -0.39 is 11.5 Å². The minimum absolute atomic E-state index is 0.600. The Balaban J connectivity index is 2.74. The van der Waals surface area contributed by atoms with Crippen LogP contribution in [0.4, 0.5) is 0 Å². The van der Waals surface area contributed by atoms with E-state index in [1.54, 1.807) is 18.3 Å². The van der Waals surface area contributed by atoms with Gasteiger partial charge in [-0.3, -0.25) is 9.69 Å². The molecule has 0 amide bonds. The zero-order valence-corrected chi connectivity index (χ0v) is 10.2. The molecule has 0 aliphatic heterocycles. The maximum atomic E-state index is 11.2. The molecule has 84 valence electrons. The molecule has 0 spiro atoms. The number of carboxylic acid groups (broad SMARTS) is 1. The second-order valence-electron chi connectivity index (χ2n) is 3.92. The van der Waals surface area contributed by atoms with Crippen LogP contribution in [0.25, 0.3) is 0 Å². The molecule has 0 bridgehead atoms. The van der Waals surface area contributed by atoms with Gasteiger partial charge in [0.15, 0.2) is 0 Å². The van der Waals surface area contributed by atoms with Crippen LogP contribution in [-0.4, -0.2) is 28.6 Å². The molecule has 1 heterocycles. The highest BCUT2D eigenvalue weighted by Crippen LogP contribution is 2.21. The lowest BCUT2D eigenvalue weighted by Crippen LogP contribution is -2.49. The number of hydrogen-bond acceptors (Lipinski definition) is 3. The summed E-state index contributed by atoms with van der Waals surface area (Å²) in [6.07, 6.45) is 0.600. The van der Waals surface area contributed by atoms with Crippen molar-refractivity contribution in [3.8, 4) is 0 Å². The predicted molar refractivity (Wildman–Crippen MR) is 62.1 cm³/mol. The van der Waals surface area contributed by atoms with E-state index in [2.05, 4.69) is 5.38 Å². The molecule has 0 aliphatic rings. The molecular formula is C11H17NO2S. The minimum atomic E-state index is -0.776. The zero-order valence-electron chi connectivity index (χ0n) is 9.36. The second-order valence-corrected chi connectivity index (χ2v) is 4.70. The Morgan fingerprint density at radius 3 is 2.73 bits per heavy atom. The largest absolute Gasteiger partial charge is 0.480 e. The fourth-order valence-electron chi connectivity index (χ4n) is 1.42. The number of likely N-dealkylation sites (N-methyl/N-ethyl adjacent to an activating group) is 1. The van der Waals surface area contributed by atoms with Crippen molar-refractivity contribution in [2.45, 2.75) is 32.4 Å². The van der Waals surface area contributed by atoms with E-state index in [0.717, 1.165) is 0 Å². The molecule has 0 saturated heterocycles. The van der Waals surface area contributed by atoms with E-state index in [-0.39, 0.29) is 0 Å². The predicted octanol–water partition coefficient (Wildman–Crippen LogP) is 2.43. The monoisotopic (exact) mass is 227 g/mol. The van der Waals surface area contributed by atoms with E-state index in [4.69, 9.17) is 0 Å². The number of thiophene rings is 1. The lowest BCUT2D eigenvalue weighted by Gasteiger charge is -2.33. The molecule has 1 N–H and O–H groups in total. The van der Waals surface area contributed by atoms with Crippen molar-refractivity contribution in [1.82, 2.24) is 4.90 Å². The lowest BCUT2D eigenvalue weighted by molar-refractivity contribution is -0.150. The molecule has 1 unspecified atom stereocenters. The molecule has 0 fully saturated rings. The molecule has 3 nitrogen and oxygen atoms in total. The van der Waals surface area contributed by atoms with Gasteiger partial charge in [0, 0.05) is 6.54 Å². The summed E-state index contributed by atoms with van der Waals surface area (Å²) < 4.78 is 0. The van der Waals surface area contributed by atoms with Crippen LogP contribution in [0.15, 0.2) is 16.8 Å². The van der Waals surface area contributed by atoms with E-state index in [9.17, 15) is 9.90 Å². The summed E-state index contributed by atoms with van der Waals surface area (Å²) in [5, 5.41) is 13.2. The lowest BCUT2D eigenvalue weighted by atomic mass is 9.97. The Hall–Kier alpha value is -0.870. The first-order valence-corrected chi connectivity index (χ1v) is 5.90. The maximum absolute atomic E-state index is 11.2. The number of nitrogens with zero attached hydrogens (tertiary/aromatic N) is 1. The molecule has 1 aromatic heterocycles. The van der Waals surface area contributed by atoms with E-state index in [0.29, 0.717) is 13.0 Å². The highest BCUT2D eigenvalue weighted by Gasteiger charge is 2.35. The van der Waals surface area contributed by atoms with Gasteiger partial charge in [-0.25, -0.2) is 0 Å². The van der Waals surface area contributed by atoms with E-state index in [1.165, 1.54) is 5.56 Å². The van der Waals surface area contributed by atoms with Gasteiger partial charge in [0.05, 0.1) is 0 Å². The van der Waals surface area contributed by atoms with E-state index in [1.807, 2.05) is 30.3 Å². The van der Waals surface area contributed by atoms with Gasteiger partial charge < -0.3 is 5.11 Å². The van der Waals surface area contributed by atoms with Gasteiger partial charge in [-0.15, -0.1) is 0 Å². The average Bonchev–Trinajstić information content (AvgIpc) is 2.68. The summed E-state index contributed by atoms with van der Waals surface area (Å²) in [6, 6.07) is 2.03. The van der Waals surface area contributed by atoms with Gasteiger partial charge in [-0.1, -0.05) is 6.92 Å². The Labute approximate surface area is 94.3 Å². The van der Waals surface area contributed by atoms with Gasteiger partial charge in [-0.05, 0) is 42.8 Å². The molecular weight excluding hydrogens is 210 g/mol. The van der Waals surface area contributed by atoms with Gasteiger partial charge in [0.25, 0.3) is 0 Å². The van der Waals surface area contributed by atoms with Gasteiger partial charge in [0.2, 0.25) is 0 Å². The number of hydrogen-bond donors (Lipinski definition) is 1. The van der Waals surface area contributed by atoms with Gasteiger partial charge in [-0.2, -0.15) is 11.3 Å². The number of carbonyl (C=O) groups is 1. The third kappa shape index (κ3) is 2.58. The molecule has 1 atom stereocenters. The van der Waals surface area contributed by atoms with Crippen molar-refractivity contribution in [1.29, 1.82) is 0 Å². The van der Waals surface area contributed by atoms with Crippen molar-refractivity contribution in [2.24, 2.45) is 0 Å². The highest BCUT2D eigenvalue weighted by atomic mass is 32.1. The van der Waals surface area contributed by atoms with Gasteiger partial charge >= 0.3 is 5.97 Å². The first-order valence-electron chi connectivity index (χ1n) is 4.96. The van der Waals surface area contributed by atoms with Crippen LogP contribution in [0.2, 0.25) is 0 Å². The van der Waals surface area contributed by atoms with Crippen LogP contribution in [0.1, 0.15) is 25.8 Å². The molecule has 0 aliphatic carbocycles. The van der Waals surface area contributed by atoms with E-state index >= 15 is 0 Å². The number of aliphatic carboxylic acids is 1. The average molecular weight is 227 g/mol. The van der Waals surface area contributed by atoms with Gasteiger partial charge in [0.1, 0.15) is 5.54 Å². The normalized spacial score (nSPS) is 15.2. The Morgan fingerprint density at radius 2 is 2.33 bits per heavy atom. The van der Waals surface area contributed by atoms with Crippen LogP contribution < -0.4 is 0 Å². The summed E-state index contributed by atoms with van der Waals surface area (Å²) in [6.45, 7) is 4.35. The fourth-order valence-corrected chi connectivity index (χ4v) is 2.08. The molecule has 0 radical (unpaired) electrons. The highest BCUT2D eigenvalue weighted by molar-refractivity contribution is 7.07. The maximum Gasteiger partial charge on any atom is 0.323 e. The SMILES string of the molecule is CCC(C)(C(=O)O)N(C)Cc1ccsc1. The summed E-state index contributed by atoms with van der Waals surface area (Å²) >= 11 is 1.63. The van der Waals surface area contributed by atoms with Crippen LogP contribution >= 0.6 is 11.3 Å². The van der Waals surface area contributed by atoms with Crippen molar-refractivity contribution in [3.63, 3.8) is 0 Å². The molecule has 15 heavy (non-hydrogen) atoms. The van der Waals surface area contributed by atoms with Crippen LogP contribution in [-0.2, 0) is 11.3 Å². The summed E-state index contributed by atoms with van der Waals surface area (Å²) in [5.41, 5.74) is 0.394. The third-order valence-corrected chi connectivity index (χ3v) is 3.72. The first-order chi connectivity index (χ1) is 7.00. The molecule has 1 aromatic rings. The van der Waals surface area contributed by atoms with Crippen molar-refractivity contribution in [2.75, 3.05) is 7.05 Å². The summed E-state index contributed by atoms with van der Waals surface area (Å²) in [4.78, 5) is 13.1. The zero-order chi connectivity index (χ0) is 11.5.